The molecule has 1 N–H and O–H groups in total. The van der Waals surface area contributed by atoms with Gasteiger partial charge in [-0.05, 0) is 20.8 Å². The van der Waals surface area contributed by atoms with Gasteiger partial charge >= 0.3 is 5.69 Å². The fourth-order valence-corrected chi connectivity index (χ4v) is 2.72. The average Bonchev–Trinajstić information content (AvgIpc) is 2.78. The molecule has 0 spiro atoms. The Morgan fingerprint density at radius 2 is 1.95 bits per heavy atom. The third kappa shape index (κ3) is 3.16. The predicted molar refractivity (Wildman–Crippen MR) is 79.7 cm³/mol. The number of aliphatic hydroxyl groups excluding tert-OH is 1. The Labute approximate surface area is 124 Å². The van der Waals surface area contributed by atoms with Crippen LogP contribution in [0, 0.1) is 17.0 Å². The number of hydrogen-bond donors (Lipinski definition) is 1. The summed E-state index contributed by atoms with van der Waals surface area (Å²) in [6.45, 7) is 9.42. The zero-order valence-electron chi connectivity index (χ0n) is 12.8. The van der Waals surface area contributed by atoms with E-state index in [0.29, 0.717) is 31.1 Å². The van der Waals surface area contributed by atoms with Crippen LogP contribution in [0.2, 0.25) is 0 Å². The molecule has 8 nitrogen and oxygen atoms in total. The number of hydrogen-bond acceptors (Lipinski definition) is 6. The van der Waals surface area contributed by atoms with E-state index >= 15 is 0 Å². The molecule has 0 bridgehead atoms. The van der Waals surface area contributed by atoms with Crippen molar-refractivity contribution >= 4 is 11.5 Å². The van der Waals surface area contributed by atoms with E-state index in [-0.39, 0.29) is 23.3 Å². The Morgan fingerprint density at radius 3 is 2.43 bits per heavy atom. The van der Waals surface area contributed by atoms with Gasteiger partial charge in [0.15, 0.2) is 0 Å². The first-order chi connectivity index (χ1) is 9.95. The van der Waals surface area contributed by atoms with Crippen LogP contribution >= 0.6 is 0 Å². The standard InChI is InChI=1S/C13H23N5O3/c1-10(2)17-13(12(18(20)21)11(3)14-17)16-6-4-15(5-7-16)8-9-19/h10,19H,4-9H2,1-3H3. The van der Waals surface area contributed by atoms with Crippen LogP contribution in [0.25, 0.3) is 0 Å². The van der Waals surface area contributed by atoms with Crippen LogP contribution in [0.3, 0.4) is 0 Å². The van der Waals surface area contributed by atoms with E-state index in [9.17, 15) is 10.1 Å². The van der Waals surface area contributed by atoms with Gasteiger partial charge in [-0.25, -0.2) is 4.68 Å². The number of β-amino-alcohol motifs (C(OH)–C–C–N with tert-alkyl or cyclic N) is 1. The molecule has 118 valence electrons. The van der Waals surface area contributed by atoms with Crippen molar-refractivity contribution < 1.29 is 10.0 Å². The van der Waals surface area contributed by atoms with Crippen molar-refractivity contribution in [3.63, 3.8) is 0 Å². The van der Waals surface area contributed by atoms with Crippen molar-refractivity contribution in [2.24, 2.45) is 0 Å². The van der Waals surface area contributed by atoms with Crippen molar-refractivity contribution in [1.82, 2.24) is 14.7 Å². The van der Waals surface area contributed by atoms with Crippen molar-refractivity contribution in [3.8, 4) is 0 Å². The minimum atomic E-state index is -0.337. The second kappa shape index (κ2) is 6.40. The van der Waals surface area contributed by atoms with Crippen molar-refractivity contribution in [2.45, 2.75) is 26.8 Å². The maximum Gasteiger partial charge on any atom is 0.333 e. The van der Waals surface area contributed by atoms with Crippen LogP contribution in [0.5, 0.6) is 0 Å². The normalized spacial score (nSPS) is 16.7. The van der Waals surface area contributed by atoms with Crippen molar-refractivity contribution in [2.75, 3.05) is 44.2 Å². The molecule has 1 saturated heterocycles. The average molecular weight is 297 g/mol. The topological polar surface area (TPSA) is 87.7 Å². The Bertz CT molecular complexity index is 506. The highest BCUT2D eigenvalue weighted by atomic mass is 16.6. The summed E-state index contributed by atoms with van der Waals surface area (Å²) in [6.07, 6.45) is 0. The van der Waals surface area contributed by atoms with E-state index < -0.39 is 0 Å². The number of rotatable bonds is 5. The quantitative estimate of drug-likeness (QED) is 0.639. The summed E-state index contributed by atoms with van der Waals surface area (Å²) in [5.74, 6) is 0.608. The summed E-state index contributed by atoms with van der Waals surface area (Å²) < 4.78 is 1.75. The van der Waals surface area contributed by atoms with Gasteiger partial charge in [0.2, 0.25) is 5.82 Å². The lowest BCUT2D eigenvalue weighted by Crippen LogP contribution is -2.48. The van der Waals surface area contributed by atoms with Crippen LogP contribution in [-0.2, 0) is 0 Å². The molecule has 0 aliphatic carbocycles. The van der Waals surface area contributed by atoms with Gasteiger partial charge in [-0.1, -0.05) is 0 Å². The van der Waals surface area contributed by atoms with Gasteiger partial charge in [-0.2, -0.15) is 5.10 Å². The molecule has 1 fully saturated rings. The van der Waals surface area contributed by atoms with E-state index in [1.165, 1.54) is 0 Å². The Kier molecular flexibility index (Phi) is 4.79. The first kappa shape index (κ1) is 15.7. The third-order valence-corrected chi connectivity index (χ3v) is 3.79. The number of piperazine rings is 1. The highest BCUT2D eigenvalue weighted by molar-refractivity contribution is 5.61. The van der Waals surface area contributed by atoms with Gasteiger partial charge in [0.25, 0.3) is 0 Å². The molecule has 2 rings (SSSR count). The Balaban J connectivity index is 2.28. The Hall–Kier alpha value is -1.67. The van der Waals surface area contributed by atoms with Crippen molar-refractivity contribution in [3.05, 3.63) is 15.8 Å². The largest absolute Gasteiger partial charge is 0.395 e. The molecule has 0 aromatic carbocycles. The summed E-state index contributed by atoms with van der Waals surface area (Å²) in [5.41, 5.74) is 0.570. The smallest absolute Gasteiger partial charge is 0.333 e. The molecule has 1 aliphatic rings. The molecule has 1 aromatic rings. The molecule has 8 heteroatoms. The van der Waals surface area contributed by atoms with Crippen LogP contribution in [0.4, 0.5) is 11.5 Å². The monoisotopic (exact) mass is 297 g/mol. The maximum absolute atomic E-state index is 11.4. The van der Waals surface area contributed by atoms with Gasteiger partial charge < -0.3 is 10.0 Å². The fourth-order valence-electron chi connectivity index (χ4n) is 2.72. The van der Waals surface area contributed by atoms with Gasteiger partial charge in [0.05, 0.1) is 11.5 Å². The second-order valence-electron chi connectivity index (χ2n) is 5.61. The van der Waals surface area contributed by atoms with Crippen LogP contribution in [0.1, 0.15) is 25.6 Å². The number of nitrogens with zero attached hydrogens (tertiary/aromatic N) is 5. The zero-order chi connectivity index (χ0) is 15.6. The summed E-state index contributed by atoms with van der Waals surface area (Å²) in [7, 11) is 0. The van der Waals surface area contributed by atoms with Gasteiger partial charge in [0.1, 0.15) is 5.69 Å². The molecular weight excluding hydrogens is 274 g/mol. The molecule has 21 heavy (non-hydrogen) atoms. The van der Waals surface area contributed by atoms with Gasteiger partial charge in [-0.15, -0.1) is 0 Å². The summed E-state index contributed by atoms with van der Waals surface area (Å²) >= 11 is 0. The molecule has 1 aliphatic heterocycles. The lowest BCUT2D eigenvalue weighted by atomic mass is 10.2. The second-order valence-corrected chi connectivity index (χ2v) is 5.61. The van der Waals surface area contributed by atoms with E-state index in [2.05, 4.69) is 10.00 Å². The molecule has 0 unspecified atom stereocenters. The number of anilines is 1. The minimum Gasteiger partial charge on any atom is -0.395 e. The molecular formula is C13H23N5O3. The fraction of sp³-hybridized carbons (Fsp3) is 0.769. The molecule has 2 heterocycles. The number of aryl methyl sites for hydroxylation is 1. The molecule has 0 saturated carbocycles. The predicted octanol–water partition coefficient (Wildman–Crippen LogP) is 0.795. The van der Waals surface area contributed by atoms with E-state index in [1.807, 2.05) is 18.7 Å². The molecule has 0 radical (unpaired) electrons. The summed E-state index contributed by atoms with van der Waals surface area (Å²) in [5, 5.41) is 24.7. The lowest BCUT2D eigenvalue weighted by molar-refractivity contribution is -0.384. The first-order valence-corrected chi connectivity index (χ1v) is 7.27. The zero-order valence-corrected chi connectivity index (χ0v) is 12.8. The highest BCUT2D eigenvalue weighted by Crippen LogP contribution is 2.34. The molecule has 1 aromatic heterocycles. The van der Waals surface area contributed by atoms with Gasteiger partial charge in [0, 0.05) is 38.8 Å². The molecule has 0 amide bonds. The molecule has 0 atom stereocenters. The highest BCUT2D eigenvalue weighted by Gasteiger charge is 2.32. The summed E-state index contributed by atoms with van der Waals surface area (Å²) in [6, 6.07) is 0.0721. The number of nitro groups is 1. The van der Waals surface area contributed by atoms with E-state index in [4.69, 9.17) is 5.11 Å². The SMILES string of the molecule is Cc1nn(C(C)C)c(N2CCN(CCO)CC2)c1[N+](=O)[O-]. The van der Waals surface area contributed by atoms with Gasteiger partial charge in [-0.3, -0.25) is 15.0 Å². The number of aromatic nitrogens is 2. The van der Waals surface area contributed by atoms with Crippen LogP contribution < -0.4 is 4.90 Å². The van der Waals surface area contributed by atoms with E-state index in [0.717, 1.165) is 13.1 Å². The van der Waals surface area contributed by atoms with Crippen LogP contribution in [0.15, 0.2) is 0 Å². The lowest BCUT2D eigenvalue weighted by Gasteiger charge is -2.35. The van der Waals surface area contributed by atoms with E-state index in [1.54, 1.807) is 11.6 Å². The minimum absolute atomic E-state index is 0.0721. The van der Waals surface area contributed by atoms with Crippen molar-refractivity contribution in [1.29, 1.82) is 0 Å². The third-order valence-electron chi connectivity index (χ3n) is 3.79. The maximum atomic E-state index is 11.4. The number of aliphatic hydroxyl groups is 1. The summed E-state index contributed by atoms with van der Waals surface area (Å²) in [4.78, 5) is 15.2. The Morgan fingerprint density at radius 1 is 1.33 bits per heavy atom. The first-order valence-electron chi connectivity index (χ1n) is 7.27. The van der Waals surface area contributed by atoms with Crippen LogP contribution in [-0.4, -0.2) is 64.0 Å².